The van der Waals surface area contributed by atoms with Gasteiger partial charge in [-0.15, -0.1) is 0 Å². The minimum Gasteiger partial charge on any atom is -0.483 e. The van der Waals surface area contributed by atoms with Crippen molar-refractivity contribution in [2.24, 2.45) is 0 Å². The first kappa shape index (κ1) is 15.5. The second kappa shape index (κ2) is 8.50. The average Bonchev–Trinajstić information content (AvgIpc) is 2.45. The summed E-state index contributed by atoms with van der Waals surface area (Å²) in [5.41, 5.74) is 0.703. The summed E-state index contributed by atoms with van der Waals surface area (Å²) in [6.07, 6.45) is 0.0215. The summed E-state index contributed by atoms with van der Waals surface area (Å²) >= 11 is 0. The van der Waals surface area contributed by atoms with E-state index in [-0.39, 0.29) is 12.5 Å². The molecule has 5 nitrogen and oxygen atoms in total. The Kier molecular flexibility index (Phi) is 6.92. The van der Waals surface area contributed by atoms with Gasteiger partial charge in [0, 0.05) is 19.2 Å². The zero-order valence-electron chi connectivity index (χ0n) is 11.4. The van der Waals surface area contributed by atoms with Crippen LogP contribution in [-0.4, -0.2) is 37.9 Å². The largest absolute Gasteiger partial charge is 0.483 e. The van der Waals surface area contributed by atoms with Gasteiger partial charge in [-0.05, 0) is 12.5 Å². The van der Waals surface area contributed by atoms with Crippen molar-refractivity contribution in [3.05, 3.63) is 29.8 Å². The van der Waals surface area contributed by atoms with Crippen molar-refractivity contribution < 1.29 is 19.4 Å². The maximum atomic E-state index is 11.5. The van der Waals surface area contributed by atoms with Crippen LogP contribution in [0, 0.1) is 0 Å². The molecule has 1 atom stereocenters. The number of hydrogen-bond acceptors (Lipinski definition) is 4. The molecule has 0 aliphatic heterocycles. The SMILES string of the molecule is CC[C@H](O)c1ccccc1OCC(=O)NCCOC. The Balaban J connectivity index is 2.50. The van der Waals surface area contributed by atoms with Gasteiger partial charge in [-0.25, -0.2) is 0 Å². The number of benzene rings is 1. The van der Waals surface area contributed by atoms with Crippen molar-refractivity contribution in [1.29, 1.82) is 0 Å². The molecule has 1 aromatic rings. The first-order chi connectivity index (χ1) is 9.19. The molecule has 0 heterocycles. The van der Waals surface area contributed by atoms with E-state index in [9.17, 15) is 9.90 Å². The predicted octanol–water partition coefficient (Wildman–Crippen LogP) is 1.27. The standard InChI is InChI=1S/C14H21NO4/c1-3-12(16)11-6-4-5-7-13(11)19-10-14(17)15-8-9-18-2/h4-7,12,16H,3,8-10H2,1-2H3,(H,15,17)/t12-/m0/s1. The van der Waals surface area contributed by atoms with Crippen LogP contribution < -0.4 is 10.1 Å². The Morgan fingerprint density at radius 3 is 2.84 bits per heavy atom. The highest BCUT2D eigenvalue weighted by atomic mass is 16.5. The normalized spacial score (nSPS) is 11.9. The van der Waals surface area contributed by atoms with Crippen molar-refractivity contribution in [1.82, 2.24) is 5.32 Å². The molecular formula is C14H21NO4. The maximum absolute atomic E-state index is 11.5. The van der Waals surface area contributed by atoms with E-state index < -0.39 is 6.10 Å². The molecule has 0 radical (unpaired) electrons. The number of para-hydroxylation sites is 1. The van der Waals surface area contributed by atoms with Gasteiger partial charge in [-0.2, -0.15) is 0 Å². The summed E-state index contributed by atoms with van der Waals surface area (Å²) < 4.78 is 10.3. The van der Waals surface area contributed by atoms with Crippen LogP contribution in [0.3, 0.4) is 0 Å². The second-order valence-corrected chi connectivity index (χ2v) is 4.09. The molecule has 0 bridgehead atoms. The maximum Gasteiger partial charge on any atom is 0.258 e. The van der Waals surface area contributed by atoms with E-state index in [2.05, 4.69) is 5.32 Å². The van der Waals surface area contributed by atoms with Crippen LogP contribution in [0.15, 0.2) is 24.3 Å². The van der Waals surface area contributed by atoms with Crippen LogP contribution in [0.5, 0.6) is 5.75 Å². The van der Waals surface area contributed by atoms with Gasteiger partial charge >= 0.3 is 0 Å². The quantitative estimate of drug-likeness (QED) is 0.696. The zero-order valence-corrected chi connectivity index (χ0v) is 11.4. The number of ether oxygens (including phenoxy) is 2. The highest BCUT2D eigenvalue weighted by Crippen LogP contribution is 2.26. The summed E-state index contributed by atoms with van der Waals surface area (Å²) in [5, 5.41) is 12.5. The fourth-order valence-electron chi connectivity index (χ4n) is 1.59. The van der Waals surface area contributed by atoms with Crippen molar-refractivity contribution in [3.63, 3.8) is 0 Å². The number of aliphatic hydroxyl groups is 1. The van der Waals surface area contributed by atoms with Gasteiger partial charge in [0.1, 0.15) is 5.75 Å². The molecule has 0 saturated carbocycles. The summed E-state index contributed by atoms with van der Waals surface area (Å²) in [4.78, 5) is 11.5. The lowest BCUT2D eigenvalue weighted by atomic mass is 10.1. The Hall–Kier alpha value is -1.59. The Morgan fingerprint density at radius 1 is 1.42 bits per heavy atom. The lowest BCUT2D eigenvalue weighted by Gasteiger charge is -2.14. The average molecular weight is 267 g/mol. The number of amides is 1. The minimum atomic E-state index is -0.576. The molecule has 1 aromatic carbocycles. The van der Waals surface area contributed by atoms with Crippen LogP contribution in [0.2, 0.25) is 0 Å². The first-order valence-electron chi connectivity index (χ1n) is 6.34. The third-order valence-electron chi connectivity index (χ3n) is 2.65. The molecule has 0 aliphatic rings. The van der Waals surface area contributed by atoms with Crippen LogP contribution in [-0.2, 0) is 9.53 Å². The van der Waals surface area contributed by atoms with E-state index >= 15 is 0 Å². The Labute approximate surface area is 113 Å². The third-order valence-corrected chi connectivity index (χ3v) is 2.65. The summed E-state index contributed by atoms with van der Waals surface area (Å²) in [6.45, 7) is 2.74. The topological polar surface area (TPSA) is 67.8 Å². The number of nitrogens with one attached hydrogen (secondary N) is 1. The number of rotatable bonds is 8. The van der Waals surface area contributed by atoms with Crippen LogP contribution in [0.25, 0.3) is 0 Å². The van der Waals surface area contributed by atoms with Crippen LogP contribution in [0.4, 0.5) is 0 Å². The summed E-state index contributed by atoms with van der Waals surface area (Å²) in [6, 6.07) is 7.19. The Morgan fingerprint density at radius 2 is 2.16 bits per heavy atom. The molecule has 19 heavy (non-hydrogen) atoms. The van der Waals surface area contributed by atoms with Crippen molar-refractivity contribution in [3.8, 4) is 5.75 Å². The zero-order chi connectivity index (χ0) is 14.1. The van der Waals surface area contributed by atoms with Crippen molar-refractivity contribution in [2.75, 3.05) is 26.9 Å². The van der Waals surface area contributed by atoms with Gasteiger partial charge in [-0.3, -0.25) is 4.79 Å². The fourth-order valence-corrected chi connectivity index (χ4v) is 1.59. The van der Waals surface area contributed by atoms with E-state index in [4.69, 9.17) is 9.47 Å². The number of aliphatic hydroxyl groups excluding tert-OH is 1. The number of carbonyl (C=O) groups excluding carboxylic acids is 1. The molecule has 5 heteroatoms. The third kappa shape index (κ3) is 5.28. The second-order valence-electron chi connectivity index (χ2n) is 4.09. The van der Waals surface area contributed by atoms with E-state index in [0.29, 0.717) is 30.9 Å². The van der Waals surface area contributed by atoms with Gasteiger partial charge in [-0.1, -0.05) is 25.1 Å². The lowest BCUT2D eigenvalue weighted by Crippen LogP contribution is -2.31. The van der Waals surface area contributed by atoms with Gasteiger partial charge in [0.25, 0.3) is 5.91 Å². The van der Waals surface area contributed by atoms with Gasteiger partial charge in [0.15, 0.2) is 6.61 Å². The van der Waals surface area contributed by atoms with Crippen molar-refractivity contribution in [2.45, 2.75) is 19.4 Å². The molecule has 0 aliphatic carbocycles. The predicted molar refractivity (Wildman–Crippen MR) is 72.1 cm³/mol. The van der Waals surface area contributed by atoms with E-state index in [0.717, 1.165) is 0 Å². The van der Waals surface area contributed by atoms with Gasteiger partial charge in [0.05, 0.1) is 12.7 Å². The highest BCUT2D eigenvalue weighted by molar-refractivity contribution is 5.77. The molecule has 0 saturated heterocycles. The van der Waals surface area contributed by atoms with E-state index in [1.807, 2.05) is 19.1 Å². The first-order valence-corrected chi connectivity index (χ1v) is 6.34. The molecule has 1 amide bonds. The number of methoxy groups -OCH3 is 1. The van der Waals surface area contributed by atoms with Gasteiger partial charge in [0.2, 0.25) is 0 Å². The monoisotopic (exact) mass is 267 g/mol. The molecular weight excluding hydrogens is 246 g/mol. The summed E-state index contributed by atoms with van der Waals surface area (Å²) in [7, 11) is 1.57. The van der Waals surface area contributed by atoms with Crippen LogP contribution >= 0.6 is 0 Å². The molecule has 0 aromatic heterocycles. The van der Waals surface area contributed by atoms with Crippen LogP contribution in [0.1, 0.15) is 25.0 Å². The van der Waals surface area contributed by atoms with Gasteiger partial charge < -0.3 is 19.9 Å². The highest BCUT2D eigenvalue weighted by Gasteiger charge is 2.12. The lowest BCUT2D eigenvalue weighted by molar-refractivity contribution is -0.123. The van der Waals surface area contributed by atoms with E-state index in [1.54, 1.807) is 19.2 Å². The smallest absolute Gasteiger partial charge is 0.258 e. The number of hydrogen-bond donors (Lipinski definition) is 2. The molecule has 1 rings (SSSR count). The Bertz CT molecular complexity index is 395. The molecule has 0 spiro atoms. The molecule has 0 unspecified atom stereocenters. The summed E-state index contributed by atoms with van der Waals surface area (Å²) in [5.74, 6) is 0.330. The minimum absolute atomic E-state index is 0.0723. The van der Waals surface area contributed by atoms with Crippen molar-refractivity contribution >= 4 is 5.91 Å². The fraction of sp³-hybridized carbons (Fsp3) is 0.500. The molecule has 106 valence electrons. The molecule has 0 fully saturated rings. The van der Waals surface area contributed by atoms with E-state index in [1.165, 1.54) is 0 Å². The molecule has 2 N–H and O–H groups in total. The number of carbonyl (C=O) groups is 1.